The topological polar surface area (TPSA) is 40.9 Å². The van der Waals surface area contributed by atoms with E-state index in [2.05, 4.69) is 54.6 Å². The number of aromatic nitrogens is 2. The second kappa shape index (κ2) is 8.10. The van der Waals surface area contributed by atoms with Crippen LogP contribution in [0.1, 0.15) is 35.4 Å². The van der Waals surface area contributed by atoms with Crippen molar-refractivity contribution in [3.63, 3.8) is 0 Å². The Bertz CT molecular complexity index is 752. The second-order valence-corrected chi connectivity index (χ2v) is 8.76. The minimum atomic E-state index is 0.0486. The van der Waals surface area contributed by atoms with Gasteiger partial charge in [0.15, 0.2) is 0 Å². The van der Waals surface area contributed by atoms with Gasteiger partial charge in [0.05, 0.1) is 11.7 Å². The van der Waals surface area contributed by atoms with Gasteiger partial charge in [0.2, 0.25) is 5.91 Å². The number of thiazole rings is 1. The smallest absolute Gasteiger partial charge is 0.239 e. The fourth-order valence-corrected chi connectivity index (χ4v) is 4.75. The van der Waals surface area contributed by atoms with Gasteiger partial charge in [-0.25, -0.2) is 4.98 Å². The predicted molar refractivity (Wildman–Crippen MR) is 109 cm³/mol. The summed E-state index contributed by atoms with van der Waals surface area (Å²) < 4.78 is 2.23. The van der Waals surface area contributed by atoms with E-state index in [9.17, 15) is 4.79 Å². The molecule has 1 aliphatic heterocycles. The molecule has 2 unspecified atom stereocenters. The van der Waals surface area contributed by atoms with E-state index in [0.29, 0.717) is 5.25 Å². The molecule has 0 radical (unpaired) electrons. The number of aryl methyl sites for hydroxylation is 4. The zero-order valence-corrected chi connectivity index (χ0v) is 18.0. The van der Waals surface area contributed by atoms with E-state index in [4.69, 9.17) is 0 Å². The largest absolute Gasteiger partial charge is 0.345 e. The Labute approximate surface area is 160 Å². The molecule has 7 heteroatoms. The van der Waals surface area contributed by atoms with E-state index in [-0.39, 0.29) is 11.9 Å². The molecule has 1 amide bonds. The van der Waals surface area contributed by atoms with Crippen LogP contribution in [-0.2, 0) is 4.79 Å². The van der Waals surface area contributed by atoms with Crippen LogP contribution in [0, 0.1) is 27.7 Å². The van der Waals surface area contributed by atoms with Crippen LogP contribution in [0.5, 0.6) is 0 Å². The lowest BCUT2D eigenvalue weighted by Gasteiger charge is -2.23. The molecule has 140 valence electrons. The molecule has 0 saturated carbocycles. The summed E-state index contributed by atoms with van der Waals surface area (Å²) in [6, 6.07) is 0.0486. The molecule has 1 fully saturated rings. The third kappa shape index (κ3) is 4.20. The number of carbonyl (C=O) groups is 1. The van der Waals surface area contributed by atoms with Gasteiger partial charge in [-0.1, -0.05) is 0 Å². The summed E-state index contributed by atoms with van der Waals surface area (Å²) in [6.45, 7) is 12.1. The molecule has 0 aliphatic carbocycles. The SMILES string of the molecule is CCN(C)C(=O)C1CC(S)CN1C.Cc1sc2c(C)nc(C)n2c1C. The molecule has 2 aromatic heterocycles. The number of nitrogens with zero attached hydrogens (tertiary/aromatic N) is 4. The zero-order chi connectivity index (χ0) is 18.9. The van der Waals surface area contributed by atoms with Gasteiger partial charge < -0.3 is 4.90 Å². The molecule has 0 aromatic carbocycles. The number of fused-ring (bicyclic) bond motifs is 1. The minimum Gasteiger partial charge on any atom is -0.345 e. The first kappa shape index (κ1) is 20.3. The monoisotopic (exact) mass is 382 g/mol. The lowest BCUT2D eigenvalue weighted by Crippen LogP contribution is -2.42. The summed E-state index contributed by atoms with van der Waals surface area (Å²) in [6.07, 6.45) is 0.878. The molecular formula is C18H30N4OS2. The van der Waals surface area contributed by atoms with Crippen molar-refractivity contribution < 1.29 is 4.79 Å². The van der Waals surface area contributed by atoms with Crippen LogP contribution in [-0.4, -0.2) is 63.6 Å². The number of likely N-dealkylation sites (tertiary alicyclic amines) is 1. The third-order valence-electron chi connectivity index (χ3n) is 4.92. The first-order valence-electron chi connectivity index (χ1n) is 8.72. The highest BCUT2D eigenvalue weighted by Gasteiger charge is 2.33. The molecule has 25 heavy (non-hydrogen) atoms. The van der Waals surface area contributed by atoms with Gasteiger partial charge in [0.25, 0.3) is 0 Å². The quantitative estimate of drug-likeness (QED) is 0.812. The molecule has 3 rings (SSSR count). The fraction of sp³-hybridized carbons (Fsp3) is 0.667. The number of amides is 1. The zero-order valence-electron chi connectivity index (χ0n) is 16.3. The van der Waals surface area contributed by atoms with Crippen molar-refractivity contribution in [3.05, 3.63) is 22.1 Å². The Morgan fingerprint density at radius 2 is 2.00 bits per heavy atom. The van der Waals surface area contributed by atoms with Crippen LogP contribution in [0.4, 0.5) is 0 Å². The lowest BCUT2D eigenvalue weighted by atomic mass is 10.2. The van der Waals surface area contributed by atoms with Crippen molar-refractivity contribution in [2.75, 3.05) is 27.2 Å². The number of hydrogen-bond donors (Lipinski definition) is 1. The summed E-state index contributed by atoms with van der Waals surface area (Å²) in [5.74, 6) is 1.32. The summed E-state index contributed by atoms with van der Waals surface area (Å²) in [7, 11) is 3.84. The highest BCUT2D eigenvalue weighted by atomic mass is 32.1. The van der Waals surface area contributed by atoms with Crippen LogP contribution in [0.25, 0.3) is 4.83 Å². The maximum absolute atomic E-state index is 11.8. The van der Waals surface area contributed by atoms with Crippen LogP contribution < -0.4 is 0 Å². The molecule has 2 aromatic rings. The molecule has 5 nitrogen and oxygen atoms in total. The van der Waals surface area contributed by atoms with Gasteiger partial charge in [-0.3, -0.25) is 14.1 Å². The average molecular weight is 383 g/mol. The average Bonchev–Trinajstić information content (AvgIpc) is 3.14. The number of carbonyl (C=O) groups excluding carboxylic acids is 1. The standard InChI is InChI=1S/C9H18N2OS.C9H12N2S/c1-4-10(2)9(12)8-5-7(13)6-11(8)3;1-5-9-11(8(4)10-5)6(2)7(3)12-9/h7-8,13H,4-6H2,1-3H3;1-4H3. The van der Waals surface area contributed by atoms with Crippen molar-refractivity contribution in [2.45, 2.75) is 52.3 Å². The van der Waals surface area contributed by atoms with E-state index in [1.807, 2.05) is 32.4 Å². The van der Waals surface area contributed by atoms with Crippen LogP contribution >= 0.6 is 24.0 Å². The number of rotatable bonds is 2. The Hall–Kier alpha value is -1.05. The van der Waals surface area contributed by atoms with Crippen molar-refractivity contribution in [3.8, 4) is 0 Å². The highest BCUT2D eigenvalue weighted by molar-refractivity contribution is 7.81. The Morgan fingerprint density at radius 1 is 1.36 bits per heavy atom. The molecule has 0 spiro atoms. The summed E-state index contributed by atoms with van der Waals surface area (Å²) in [5, 5.41) is 0.351. The summed E-state index contributed by atoms with van der Waals surface area (Å²) in [5.41, 5.74) is 2.47. The number of thiol groups is 1. The van der Waals surface area contributed by atoms with Gasteiger partial charge in [0.1, 0.15) is 10.7 Å². The molecule has 1 aliphatic rings. The maximum atomic E-state index is 11.8. The van der Waals surface area contributed by atoms with Gasteiger partial charge in [-0.2, -0.15) is 12.6 Å². The first-order chi connectivity index (χ1) is 11.7. The Balaban J connectivity index is 0.000000181. The predicted octanol–water partition coefficient (Wildman–Crippen LogP) is 3.10. The van der Waals surface area contributed by atoms with Gasteiger partial charge in [-0.05, 0) is 48.1 Å². The minimum absolute atomic E-state index is 0.0486. The van der Waals surface area contributed by atoms with Gasteiger partial charge in [0, 0.05) is 36.0 Å². The second-order valence-electron chi connectivity index (χ2n) is 6.83. The molecular weight excluding hydrogens is 352 g/mol. The molecule has 3 heterocycles. The van der Waals surface area contributed by atoms with Crippen LogP contribution in [0.2, 0.25) is 0 Å². The van der Waals surface area contributed by atoms with E-state index >= 15 is 0 Å². The van der Waals surface area contributed by atoms with E-state index in [0.717, 1.165) is 31.0 Å². The molecule has 1 saturated heterocycles. The summed E-state index contributed by atoms with van der Waals surface area (Å²) in [4.78, 5) is 22.7. The number of likely N-dealkylation sites (N-methyl/N-ethyl adjacent to an activating group) is 2. The summed E-state index contributed by atoms with van der Waals surface area (Å²) >= 11 is 6.22. The van der Waals surface area contributed by atoms with Gasteiger partial charge >= 0.3 is 0 Å². The van der Waals surface area contributed by atoms with Crippen LogP contribution in [0.3, 0.4) is 0 Å². The number of imidazole rings is 1. The van der Waals surface area contributed by atoms with Crippen molar-refractivity contribution in [2.24, 2.45) is 0 Å². The maximum Gasteiger partial charge on any atom is 0.239 e. The normalized spacial score (nSPS) is 20.6. The third-order valence-corrected chi connectivity index (χ3v) is 6.57. The molecule has 0 bridgehead atoms. The van der Waals surface area contributed by atoms with Crippen molar-refractivity contribution >= 4 is 34.7 Å². The van der Waals surface area contributed by atoms with E-state index in [1.54, 1.807) is 4.90 Å². The van der Waals surface area contributed by atoms with Crippen molar-refractivity contribution in [1.29, 1.82) is 0 Å². The lowest BCUT2D eigenvalue weighted by molar-refractivity contribution is -0.134. The van der Waals surface area contributed by atoms with E-state index < -0.39 is 0 Å². The fourth-order valence-electron chi connectivity index (χ4n) is 3.21. The van der Waals surface area contributed by atoms with Gasteiger partial charge in [-0.15, -0.1) is 11.3 Å². The van der Waals surface area contributed by atoms with Crippen LogP contribution in [0.15, 0.2) is 0 Å². The molecule has 2 atom stereocenters. The highest BCUT2D eigenvalue weighted by Crippen LogP contribution is 2.25. The number of hydrogen-bond acceptors (Lipinski definition) is 5. The Kier molecular flexibility index (Phi) is 6.56. The Morgan fingerprint density at radius 3 is 2.48 bits per heavy atom. The van der Waals surface area contributed by atoms with Crippen molar-refractivity contribution in [1.82, 2.24) is 19.2 Å². The first-order valence-corrected chi connectivity index (χ1v) is 10.1. The molecule has 0 N–H and O–H groups in total. The van der Waals surface area contributed by atoms with E-state index in [1.165, 1.54) is 15.4 Å².